The first kappa shape index (κ1) is 12.0. The summed E-state index contributed by atoms with van der Waals surface area (Å²) in [5.41, 5.74) is 15.9. The Morgan fingerprint density at radius 2 is 1.59 bits per heavy atom. The lowest BCUT2D eigenvalue weighted by atomic mass is 10.2. The second-order valence-electron chi connectivity index (χ2n) is 3.93. The normalized spacial score (nSPS) is 10.2. The van der Waals surface area contributed by atoms with Crippen LogP contribution in [-0.4, -0.2) is 0 Å². The number of hydrogen-bond donors (Lipinski definition) is 3. The quantitative estimate of drug-likeness (QED) is 0.580. The van der Waals surface area contributed by atoms with Gasteiger partial charge >= 0.3 is 0 Å². The molecule has 5 N–H and O–H groups in total. The van der Waals surface area contributed by atoms with Crippen molar-refractivity contribution in [3.63, 3.8) is 0 Å². The molecule has 0 spiro atoms. The lowest BCUT2D eigenvalue weighted by molar-refractivity contribution is 1.41. The van der Waals surface area contributed by atoms with E-state index in [9.17, 15) is 0 Å². The number of hydrogen-bond acceptors (Lipinski definition) is 3. The summed E-state index contributed by atoms with van der Waals surface area (Å²) in [4.78, 5) is 0. The molecule has 0 amide bonds. The maximum absolute atomic E-state index is 5.76. The van der Waals surface area contributed by atoms with Crippen LogP contribution < -0.4 is 16.8 Å². The van der Waals surface area contributed by atoms with Gasteiger partial charge in [0.25, 0.3) is 0 Å². The van der Waals surface area contributed by atoms with Crippen molar-refractivity contribution in [3.8, 4) is 0 Å². The molecule has 0 atom stereocenters. The fraction of sp³-hybridized carbons (Fsp3) is 0.0769. The minimum absolute atomic E-state index is 0.594. The van der Waals surface area contributed by atoms with Gasteiger partial charge in [-0.3, -0.25) is 0 Å². The molecule has 0 unspecified atom stereocenters. The van der Waals surface area contributed by atoms with Crippen molar-refractivity contribution in [3.05, 3.63) is 45.5 Å². The Bertz CT molecular complexity index is 503. The van der Waals surface area contributed by atoms with Crippen molar-refractivity contribution in [2.75, 3.05) is 16.8 Å². The summed E-state index contributed by atoms with van der Waals surface area (Å²) in [7, 11) is 0. The highest BCUT2D eigenvalue weighted by atomic mass is 127. The number of nitrogens with one attached hydrogen (secondary N) is 1. The fourth-order valence-electron chi connectivity index (χ4n) is 1.49. The standard InChI is InChI=1S/C13H14IN3/c1-8-2-3-9(6-11(8)14)17-10-4-5-12(15)13(16)7-10/h2-7,17H,15-16H2,1H3. The van der Waals surface area contributed by atoms with Crippen LogP contribution in [-0.2, 0) is 0 Å². The van der Waals surface area contributed by atoms with Gasteiger partial charge in [-0.05, 0) is 65.4 Å². The van der Waals surface area contributed by atoms with Crippen LogP contribution in [0.25, 0.3) is 0 Å². The van der Waals surface area contributed by atoms with E-state index in [1.807, 2.05) is 18.2 Å². The van der Waals surface area contributed by atoms with Crippen molar-refractivity contribution in [1.29, 1.82) is 0 Å². The topological polar surface area (TPSA) is 64.1 Å². The molecule has 0 radical (unpaired) electrons. The molecule has 2 rings (SSSR count). The number of anilines is 4. The van der Waals surface area contributed by atoms with Gasteiger partial charge in [-0.25, -0.2) is 0 Å². The first-order valence-electron chi connectivity index (χ1n) is 5.24. The fourth-order valence-corrected chi connectivity index (χ4v) is 2.01. The Kier molecular flexibility index (Phi) is 3.42. The molecule has 0 heterocycles. The van der Waals surface area contributed by atoms with Gasteiger partial charge in [-0.2, -0.15) is 0 Å². The van der Waals surface area contributed by atoms with E-state index >= 15 is 0 Å². The second-order valence-corrected chi connectivity index (χ2v) is 5.09. The Morgan fingerprint density at radius 1 is 0.941 bits per heavy atom. The van der Waals surface area contributed by atoms with Gasteiger partial charge in [0.15, 0.2) is 0 Å². The van der Waals surface area contributed by atoms with Gasteiger partial charge < -0.3 is 16.8 Å². The summed E-state index contributed by atoms with van der Waals surface area (Å²) in [6, 6.07) is 11.8. The smallest absolute Gasteiger partial charge is 0.0568 e. The predicted molar refractivity (Wildman–Crippen MR) is 82.4 cm³/mol. The van der Waals surface area contributed by atoms with Crippen LogP contribution in [0.2, 0.25) is 0 Å². The molecule has 0 bridgehead atoms. The highest BCUT2D eigenvalue weighted by Crippen LogP contribution is 2.24. The lowest BCUT2D eigenvalue weighted by Gasteiger charge is -2.09. The largest absolute Gasteiger partial charge is 0.397 e. The molecule has 0 saturated heterocycles. The number of aryl methyl sites for hydroxylation is 1. The zero-order valence-electron chi connectivity index (χ0n) is 9.50. The Balaban J connectivity index is 2.25. The summed E-state index contributed by atoms with van der Waals surface area (Å²) in [6.07, 6.45) is 0. The maximum atomic E-state index is 5.76. The highest BCUT2D eigenvalue weighted by molar-refractivity contribution is 14.1. The molecule has 0 aliphatic rings. The van der Waals surface area contributed by atoms with Gasteiger partial charge in [-0.15, -0.1) is 0 Å². The second kappa shape index (κ2) is 4.83. The monoisotopic (exact) mass is 339 g/mol. The van der Waals surface area contributed by atoms with Crippen LogP contribution in [0.4, 0.5) is 22.7 Å². The minimum Gasteiger partial charge on any atom is -0.397 e. The van der Waals surface area contributed by atoms with E-state index in [0.29, 0.717) is 11.4 Å². The van der Waals surface area contributed by atoms with Gasteiger partial charge in [-0.1, -0.05) is 6.07 Å². The van der Waals surface area contributed by atoms with Crippen molar-refractivity contribution in [2.45, 2.75) is 6.92 Å². The summed E-state index contributed by atoms with van der Waals surface area (Å²) in [5.74, 6) is 0. The van der Waals surface area contributed by atoms with E-state index in [4.69, 9.17) is 11.5 Å². The molecule has 0 aliphatic heterocycles. The molecule has 17 heavy (non-hydrogen) atoms. The van der Waals surface area contributed by atoms with Gasteiger partial charge in [0, 0.05) is 14.9 Å². The molecule has 0 fully saturated rings. The third kappa shape index (κ3) is 2.82. The van der Waals surface area contributed by atoms with Crippen LogP contribution in [0, 0.1) is 10.5 Å². The number of rotatable bonds is 2. The lowest BCUT2D eigenvalue weighted by Crippen LogP contribution is -1.97. The average Bonchev–Trinajstić information content (AvgIpc) is 2.29. The van der Waals surface area contributed by atoms with Gasteiger partial charge in [0.05, 0.1) is 11.4 Å². The van der Waals surface area contributed by atoms with Gasteiger partial charge in [0.1, 0.15) is 0 Å². The summed E-state index contributed by atoms with van der Waals surface area (Å²) in [5, 5.41) is 3.30. The van der Waals surface area contributed by atoms with Crippen molar-refractivity contribution < 1.29 is 0 Å². The zero-order valence-corrected chi connectivity index (χ0v) is 11.7. The Hall–Kier alpha value is -1.43. The molecule has 0 aliphatic carbocycles. The van der Waals surface area contributed by atoms with E-state index < -0.39 is 0 Å². The van der Waals surface area contributed by atoms with Crippen molar-refractivity contribution in [1.82, 2.24) is 0 Å². The van der Waals surface area contributed by atoms with E-state index in [0.717, 1.165) is 11.4 Å². The number of benzene rings is 2. The molecule has 0 aromatic heterocycles. The van der Waals surface area contributed by atoms with Crippen LogP contribution in [0.3, 0.4) is 0 Å². The van der Waals surface area contributed by atoms with Crippen molar-refractivity contribution in [2.24, 2.45) is 0 Å². The average molecular weight is 339 g/mol. The Labute approximate surface area is 114 Å². The molecule has 4 heteroatoms. The maximum Gasteiger partial charge on any atom is 0.0568 e. The first-order chi connectivity index (χ1) is 8.06. The molecule has 3 nitrogen and oxygen atoms in total. The first-order valence-corrected chi connectivity index (χ1v) is 6.32. The van der Waals surface area contributed by atoms with Crippen LogP contribution in [0.5, 0.6) is 0 Å². The van der Waals surface area contributed by atoms with Crippen LogP contribution in [0.15, 0.2) is 36.4 Å². The third-order valence-electron chi connectivity index (χ3n) is 2.55. The predicted octanol–water partition coefficient (Wildman–Crippen LogP) is 3.51. The van der Waals surface area contributed by atoms with Crippen LogP contribution >= 0.6 is 22.6 Å². The minimum atomic E-state index is 0.594. The molecule has 0 saturated carbocycles. The number of halogens is 1. The molecular weight excluding hydrogens is 325 g/mol. The van der Waals surface area contributed by atoms with E-state index in [1.54, 1.807) is 6.07 Å². The highest BCUT2D eigenvalue weighted by Gasteiger charge is 2.00. The summed E-state index contributed by atoms with van der Waals surface area (Å²) in [6.45, 7) is 2.09. The SMILES string of the molecule is Cc1ccc(Nc2ccc(N)c(N)c2)cc1I. The summed E-state index contributed by atoms with van der Waals surface area (Å²) < 4.78 is 1.23. The van der Waals surface area contributed by atoms with Crippen LogP contribution in [0.1, 0.15) is 5.56 Å². The molecule has 2 aromatic rings. The van der Waals surface area contributed by atoms with Gasteiger partial charge in [0.2, 0.25) is 0 Å². The van der Waals surface area contributed by atoms with E-state index in [2.05, 4.69) is 47.0 Å². The third-order valence-corrected chi connectivity index (χ3v) is 3.71. The molecular formula is C13H14IN3. The van der Waals surface area contributed by atoms with E-state index in [1.165, 1.54) is 9.13 Å². The number of nitrogens with two attached hydrogens (primary N) is 2. The van der Waals surface area contributed by atoms with Crippen molar-refractivity contribution >= 4 is 45.3 Å². The zero-order chi connectivity index (χ0) is 12.4. The number of nitrogen functional groups attached to an aromatic ring is 2. The molecule has 2 aromatic carbocycles. The summed E-state index contributed by atoms with van der Waals surface area (Å²) >= 11 is 2.32. The van der Waals surface area contributed by atoms with E-state index in [-0.39, 0.29) is 0 Å². The Morgan fingerprint density at radius 3 is 2.24 bits per heavy atom. The molecule has 88 valence electrons.